The van der Waals surface area contributed by atoms with Crippen LogP contribution in [-0.4, -0.2) is 50.2 Å². The molecule has 3 rings (SSSR count). The van der Waals surface area contributed by atoms with Crippen molar-refractivity contribution in [2.45, 2.75) is 45.1 Å². The Balaban J connectivity index is 1.54. The molecule has 1 aromatic rings. The van der Waals surface area contributed by atoms with E-state index in [0.717, 1.165) is 56.0 Å². The van der Waals surface area contributed by atoms with E-state index in [1.165, 1.54) is 19.3 Å². The highest BCUT2D eigenvalue weighted by Gasteiger charge is 2.24. The maximum atomic E-state index is 12.5. The van der Waals surface area contributed by atoms with Crippen LogP contribution >= 0.6 is 0 Å². The SMILES string of the molecule is C=C(NC)Oc1cc(N2CCN(C(=O)NC3CCCCC3)CC2)ccc1C. The summed E-state index contributed by atoms with van der Waals surface area (Å²) in [5.74, 6) is 1.34. The van der Waals surface area contributed by atoms with Gasteiger partial charge in [0.2, 0.25) is 0 Å². The van der Waals surface area contributed by atoms with Gasteiger partial charge in [0.05, 0.1) is 0 Å². The van der Waals surface area contributed by atoms with E-state index in [0.29, 0.717) is 11.9 Å². The first kappa shape index (κ1) is 19.4. The molecule has 1 saturated carbocycles. The van der Waals surface area contributed by atoms with Crippen LogP contribution in [0, 0.1) is 6.92 Å². The van der Waals surface area contributed by atoms with Crippen molar-refractivity contribution in [3.63, 3.8) is 0 Å². The summed E-state index contributed by atoms with van der Waals surface area (Å²) in [6.45, 7) is 8.99. The van der Waals surface area contributed by atoms with Crippen LogP contribution in [0.15, 0.2) is 30.7 Å². The molecule has 1 heterocycles. The Morgan fingerprint density at radius 3 is 2.52 bits per heavy atom. The normalized spacial score (nSPS) is 18.1. The Kier molecular flexibility index (Phi) is 6.48. The van der Waals surface area contributed by atoms with Crippen LogP contribution in [0.5, 0.6) is 5.75 Å². The van der Waals surface area contributed by atoms with E-state index >= 15 is 0 Å². The molecule has 0 spiro atoms. The van der Waals surface area contributed by atoms with Gasteiger partial charge in [-0.1, -0.05) is 25.3 Å². The number of urea groups is 1. The lowest BCUT2D eigenvalue weighted by atomic mass is 9.96. The van der Waals surface area contributed by atoms with E-state index in [1.807, 2.05) is 11.8 Å². The summed E-state index contributed by atoms with van der Waals surface area (Å²) in [6.07, 6.45) is 6.01. The Morgan fingerprint density at radius 2 is 1.85 bits per heavy atom. The number of amides is 2. The number of nitrogens with one attached hydrogen (secondary N) is 2. The van der Waals surface area contributed by atoms with Crippen LogP contribution < -0.4 is 20.3 Å². The minimum atomic E-state index is 0.0970. The number of rotatable bonds is 5. The zero-order valence-corrected chi connectivity index (χ0v) is 16.6. The minimum absolute atomic E-state index is 0.0970. The molecule has 1 aromatic carbocycles. The maximum absolute atomic E-state index is 12.5. The number of carbonyl (C=O) groups is 1. The summed E-state index contributed by atoms with van der Waals surface area (Å²) >= 11 is 0. The van der Waals surface area contributed by atoms with Gasteiger partial charge in [0.1, 0.15) is 5.75 Å². The molecule has 148 valence electrons. The molecule has 0 bridgehead atoms. The number of nitrogens with zero attached hydrogens (tertiary/aromatic N) is 2. The molecule has 1 saturated heterocycles. The topological polar surface area (TPSA) is 56.8 Å². The Morgan fingerprint density at radius 1 is 1.15 bits per heavy atom. The van der Waals surface area contributed by atoms with Gasteiger partial charge in [-0.3, -0.25) is 0 Å². The van der Waals surface area contributed by atoms with E-state index in [1.54, 1.807) is 7.05 Å². The highest BCUT2D eigenvalue weighted by molar-refractivity contribution is 5.75. The third-order valence-corrected chi connectivity index (χ3v) is 5.55. The highest BCUT2D eigenvalue weighted by atomic mass is 16.5. The van der Waals surface area contributed by atoms with Crippen molar-refractivity contribution in [2.75, 3.05) is 38.1 Å². The van der Waals surface area contributed by atoms with Crippen LogP contribution in [0.25, 0.3) is 0 Å². The van der Waals surface area contributed by atoms with Crippen LogP contribution in [0.3, 0.4) is 0 Å². The number of aryl methyl sites for hydroxylation is 1. The fourth-order valence-electron chi connectivity index (χ4n) is 3.76. The zero-order valence-electron chi connectivity index (χ0n) is 16.6. The average molecular weight is 373 g/mol. The molecule has 0 unspecified atom stereocenters. The third kappa shape index (κ3) is 5.08. The molecule has 1 aliphatic heterocycles. The molecular formula is C21H32N4O2. The smallest absolute Gasteiger partial charge is 0.317 e. The Bertz CT molecular complexity index is 662. The van der Waals surface area contributed by atoms with Crippen molar-refractivity contribution in [1.29, 1.82) is 0 Å². The van der Waals surface area contributed by atoms with Gasteiger partial charge in [0.25, 0.3) is 0 Å². The van der Waals surface area contributed by atoms with Crippen molar-refractivity contribution >= 4 is 11.7 Å². The first-order valence-electron chi connectivity index (χ1n) is 10.0. The van der Waals surface area contributed by atoms with E-state index in [-0.39, 0.29) is 6.03 Å². The number of benzene rings is 1. The van der Waals surface area contributed by atoms with Crippen LogP contribution in [0.1, 0.15) is 37.7 Å². The number of hydrogen-bond acceptors (Lipinski definition) is 4. The molecule has 0 radical (unpaired) electrons. The number of ether oxygens (including phenoxy) is 1. The largest absolute Gasteiger partial charge is 0.442 e. The Labute approximate surface area is 162 Å². The molecule has 2 N–H and O–H groups in total. The molecule has 27 heavy (non-hydrogen) atoms. The van der Waals surface area contributed by atoms with Crippen molar-refractivity contribution in [1.82, 2.24) is 15.5 Å². The molecule has 6 heteroatoms. The summed E-state index contributed by atoms with van der Waals surface area (Å²) in [7, 11) is 1.79. The molecule has 2 aliphatic rings. The van der Waals surface area contributed by atoms with Gasteiger partial charge in [-0.25, -0.2) is 4.79 Å². The second kappa shape index (κ2) is 9.02. The molecule has 2 fully saturated rings. The maximum Gasteiger partial charge on any atom is 0.317 e. The van der Waals surface area contributed by atoms with Gasteiger partial charge in [0, 0.05) is 51.0 Å². The predicted octanol–water partition coefficient (Wildman–Crippen LogP) is 3.23. The van der Waals surface area contributed by atoms with E-state index in [2.05, 4.69) is 40.3 Å². The molecular weight excluding hydrogens is 340 g/mol. The van der Waals surface area contributed by atoms with Gasteiger partial charge in [0.15, 0.2) is 5.88 Å². The van der Waals surface area contributed by atoms with Gasteiger partial charge in [-0.05, 0) is 38.0 Å². The van der Waals surface area contributed by atoms with Crippen molar-refractivity contribution in [3.8, 4) is 5.75 Å². The van der Waals surface area contributed by atoms with Gasteiger partial charge in [-0.15, -0.1) is 0 Å². The lowest BCUT2D eigenvalue weighted by Crippen LogP contribution is -2.53. The summed E-state index contributed by atoms with van der Waals surface area (Å²) in [6, 6.07) is 6.69. The first-order valence-corrected chi connectivity index (χ1v) is 10.0. The molecule has 1 aliphatic carbocycles. The summed E-state index contributed by atoms with van der Waals surface area (Å²) in [4.78, 5) is 16.8. The van der Waals surface area contributed by atoms with Gasteiger partial charge < -0.3 is 25.2 Å². The minimum Gasteiger partial charge on any atom is -0.442 e. The van der Waals surface area contributed by atoms with E-state index in [4.69, 9.17) is 4.74 Å². The second-order valence-corrected chi connectivity index (χ2v) is 7.48. The van der Waals surface area contributed by atoms with Crippen molar-refractivity contribution < 1.29 is 9.53 Å². The summed E-state index contributed by atoms with van der Waals surface area (Å²) in [5, 5.41) is 6.13. The third-order valence-electron chi connectivity index (χ3n) is 5.55. The quantitative estimate of drug-likeness (QED) is 0.779. The number of piperazine rings is 1. The fourth-order valence-corrected chi connectivity index (χ4v) is 3.76. The molecule has 0 aromatic heterocycles. The number of carbonyl (C=O) groups excluding carboxylic acids is 1. The summed E-state index contributed by atoms with van der Waals surface area (Å²) < 4.78 is 5.76. The van der Waals surface area contributed by atoms with Crippen LogP contribution in [-0.2, 0) is 0 Å². The van der Waals surface area contributed by atoms with Crippen LogP contribution in [0.4, 0.5) is 10.5 Å². The number of anilines is 1. The van der Waals surface area contributed by atoms with Crippen LogP contribution in [0.2, 0.25) is 0 Å². The van der Waals surface area contributed by atoms with Gasteiger partial charge in [-0.2, -0.15) is 0 Å². The average Bonchev–Trinajstić information content (AvgIpc) is 2.70. The number of hydrogen-bond donors (Lipinski definition) is 2. The van der Waals surface area contributed by atoms with Crippen molar-refractivity contribution in [3.05, 3.63) is 36.2 Å². The Hall–Kier alpha value is -2.37. The fraction of sp³-hybridized carbons (Fsp3) is 0.571. The lowest BCUT2D eigenvalue weighted by molar-refractivity contribution is 0.186. The summed E-state index contributed by atoms with van der Waals surface area (Å²) in [5.41, 5.74) is 2.19. The highest BCUT2D eigenvalue weighted by Crippen LogP contribution is 2.27. The van der Waals surface area contributed by atoms with E-state index in [9.17, 15) is 4.79 Å². The van der Waals surface area contributed by atoms with E-state index < -0.39 is 0 Å². The lowest BCUT2D eigenvalue weighted by Gasteiger charge is -2.37. The van der Waals surface area contributed by atoms with Gasteiger partial charge >= 0.3 is 6.03 Å². The first-order chi connectivity index (χ1) is 13.1. The monoisotopic (exact) mass is 372 g/mol. The predicted molar refractivity (Wildman–Crippen MR) is 109 cm³/mol. The molecule has 6 nitrogen and oxygen atoms in total. The molecule has 2 amide bonds. The zero-order chi connectivity index (χ0) is 19.2. The van der Waals surface area contributed by atoms with Crippen molar-refractivity contribution in [2.24, 2.45) is 0 Å². The standard InChI is InChI=1S/C21H32N4O2/c1-16-9-10-19(15-20(16)27-17(2)22-3)24-11-13-25(14-12-24)21(26)23-18-7-5-4-6-8-18/h9-10,15,18,22H,2,4-8,11-14H2,1,3H3,(H,23,26). The molecule has 0 atom stereocenters. The second-order valence-electron chi connectivity index (χ2n) is 7.48.